The van der Waals surface area contributed by atoms with Crippen LogP contribution >= 0.6 is 0 Å². The number of hydrogen-bond acceptors (Lipinski definition) is 4. The van der Waals surface area contributed by atoms with Crippen LogP contribution in [0.4, 0.5) is 0 Å². The van der Waals surface area contributed by atoms with Crippen molar-refractivity contribution in [3.8, 4) is 5.69 Å². The van der Waals surface area contributed by atoms with E-state index in [4.69, 9.17) is 14.7 Å². The zero-order chi connectivity index (χ0) is 18.1. The van der Waals surface area contributed by atoms with Crippen LogP contribution in [-0.2, 0) is 16.0 Å². The smallest absolute Gasteiger partial charge is 0.312 e. The molecule has 0 amide bonds. The van der Waals surface area contributed by atoms with E-state index in [9.17, 15) is 4.79 Å². The van der Waals surface area contributed by atoms with Crippen LogP contribution in [0.5, 0.6) is 0 Å². The van der Waals surface area contributed by atoms with Crippen LogP contribution < -0.4 is 0 Å². The largest absolute Gasteiger partial charge is 0.469 e. The van der Waals surface area contributed by atoms with Crippen LogP contribution in [0.3, 0.4) is 0 Å². The summed E-state index contributed by atoms with van der Waals surface area (Å²) in [5, 5.41) is 0. The van der Waals surface area contributed by atoms with Gasteiger partial charge < -0.3 is 4.74 Å². The normalized spacial score (nSPS) is 12.4. The Balaban J connectivity index is 2.11. The van der Waals surface area contributed by atoms with Crippen LogP contribution in [0.2, 0.25) is 0 Å². The van der Waals surface area contributed by atoms with E-state index in [1.807, 2.05) is 38.1 Å². The second-order valence-electron chi connectivity index (χ2n) is 6.31. The Labute approximate surface area is 147 Å². The molecule has 0 saturated heterocycles. The maximum Gasteiger partial charge on any atom is 0.312 e. The standard InChI is InChI=1S/C20H23N3O2/c1-6-17-22-18-12(2)11-13(3)21-19(18)23(17)16-9-7-15(8-10-16)14(4)20(24)25-5/h7-11,14H,6H2,1-5H3. The summed E-state index contributed by atoms with van der Waals surface area (Å²) in [6.07, 6.45) is 0.815. The number of benzene rings is 1. The first-order valence-corrected chi connectivity index (χ1v) is 8.50. The summed E-state index contributed by atoms with van der Waals surface area (Å²) in [6.45, 7) is 8.00. The molecule has 0 spiro atoms. The van der Waals surface area contributed by atoms with Crippen molar-refractivity contribution in [1.29, 1.82) is 0 Å². The second kappa shape index (κ2) is 6.67. The van der Waals surface area contributed by atoms with Gasteiger partial charge in [0.1, 0.15) is 11.3 Å². The van der Waals surface area contributed by atoms with Crippen LogP contribution in [0.1, 0.15) is 42.4 Å². The molecule has 0 aliphatic carbocycles. The quantitative estimate of drug-likeness (QED) is 0.678. The molecule has 0 bridgehead atoms. The van der Waals surface area contributed by atoms with E-state index in [2.05, 4.69) is 24.5 Å². The van der Waals surface area contributed by atoms with Crippen LogP contribution in [0, 0.1) is 13.8 Å². The molecule has 0 aliphatic heterocycles. The Bertz CT molecular complexity index is 926. The van der Waals surface area contributed by atoms with Gasteiger partial charge in [-0.15, -0.1) is 0 Å². The molecular weight excluding hydrogens is 314 g/mol. The number of pyridine rings is 1. The highest BCUT2D eigenvalue weighted by molar-refractivity contribution is 5.79. The molecule has 0 N–H and O–H groups in total. The topological polar surface area (TPSA) is 57.0 Å². The maximum atomic E-state index is 11.7. The van der Waals surface area contributed by atoms with Crippen LogP contribution in [0.15, 0.2) is 30.3 Å². The Hall–Kier alpha value is -2.69. The van der Waals surface area contributed by atoms with Crippen LogP contribution in [-0.4, -0.2) is 27.6 Å². The number of hydrogen-bond donors (Lipinski definition) is 0. The molecule has 5 nitrogen and oxygen atoms in total. The molecular formula is C20H23N3O2. The van der Waals surface area contributed by atoms with E-state index in [1.54, 1.807) is 0 Å². The number of aromatic nitrogens is 3. The summed E-state index contributed by atoms with van der Waals surface area (Å²) in [7, 11) is 1.41. The highest BCUT2D eigenvalue weighted by Gasteiger charge is 2.17. The Morgan fingerprint density at radius 2 is 1.88 bits per heavy atom. The number of rotatable bonds is 4. The Morgan fingerprint density at radius 3 is 2.48 bits per heavy atom. The van der Waals surface area contributed by atoms with Crippen LogP contribution in [0.25, 0.3) is 16.9 Å². The zero-order valence-corrected chi connectivity index (χ0v) is 15.3. The molecule has 1 atom stereocenters. The minimum atomic E-state index is -0.285. The average Bonchev–Trinajstić information content (AvgIpc) is 2.99. The predicted molar refractivity (Wildman–Crippen MR) is 98.1 cm³/mol. The molecule has 2 aromatic heterocycles. The number of fused-ring (bicyclic) bond motifs is 1. The first-order chi connectivity index (χ1) is 12.0. The van der Waals surface area contributed by atoms with Gasteiger partial charge in [0.05, 0.1) is 13.0 Å². The number of carbonyl (C=O) groups excluding carboxylic acids is 1. The lowest BCUT2D eigenvalue weighted by Gasteiger charge is -2.12. The lowest BCUT2D eigenvalue weighted by molar-refractivity contribution is -0.141. The second-order valence-corrected chi connectivity index (χ2v) is 6.31. The Morgan fingerprint density at radius 1 is 1.20 bits per heavy atom. The van der Waals surface area contributed by atoms with Gasteiger partial charge in [0.15, 0.2) is 5.65 Å². The number of imidazole rings is 1. The van der Waals surface area contributed by atoms with Gasteiger partial charge in [0.25, 0.3) is 0 Å². The molecule has 3 aromatic rings. The van der Waals surface area contributed by atoms with Gasteiger partial charge in [0.2, 0.25) is 0 Å². The van der Waals surface area contributed by atoms with Gasteiger partial charge in [-0.2, -0.15) is 0 Å². The zero-order valence-electron chi connectivity index (χ0n) is 15.3. The summed E-state index contributed by atoms with van der Waals surface area (Å²) in [5.74, 6) is 0.458. The summed E-state index contributed by atoms with van der Waals surface area (Å²) >= 11 is 0. The molecule has 0 aliphatic rings. The van der Waals surface area contributed by atoms with E-state index in [0.29, 0.717) is 0 Å². The number of esters is 1. The number of aryl methyl sites for hydroxylation is 3. The fourth-order valence-corrected chi connectivity index (χ4v) is 3.14. The monoisotopic (exact) mass is 337 g/mol. The average molecular weight is 337 g/mol. The lowest BCUT2D eigenvalue weighted by Crippen LogP contribution is -2.11. The van der Waals surface area contributed by atoms with E-state index < -0.39 is 0 Å². The third-order valence-corrected chi connectivity index (χ3v) is 4.53. The van der Waals surface area contributed by atoms with Gasteiger partial charge in [-0.05, 0) is 50.1 Å². The summed E-state index contributed by atoms with van der Waals surface area (Å²) in [5.41, 5.74) is 5.85. The van der Waals surface area contributed by atoms with Crippen molar-refractivity contribution in [2.45, 2.75) is 40.0 Å². The van der Waals surface area contributed by atoms with Gasteiger partial charge in [-0.3, -0.25) is 9.36 Å². The fourth-order valence-electron chi connectivity index (χ4n) is 3.14. The SMILES string of the molecule is CCc1nc2c(C)cc(C)nc2n1-c1ccc(C(C)C(=O)OC)cc1. The van der Waals surface area contributed by atoms with Gasteiger partial charge in [-0.1, -0.05) is 19.1 Å². The molecule has 1 unspecified atom stereocenters. The first-order valence-electron chi connectivity index (χ1n) is 8.50. The van der Waals surface area contributed by atoms with Gasteiger partial charge in [-0.25, -0.2) is 9.97 Å². The molecule has 5 heteroatoms. The molecule has 1 aromatic carbocycles. The lowest BCUT2D eigenvalue weighted by atomic mass is 10.0. The molecule has 0 saturated carbocycles. The van der Waals surface area contributed by atoms with Crippen molar-refractivity contribution >= 4 is 17.1 Å². The number of ether oxygens (including phenoxy) is 1. The summed E-state index contributed by atoms with van der Waals surface area (Å²) in [4.78, 5) is 21.2. The molecule has 0 radical (unpaired) electrons. The van der Waals surface area contributed by atoms with Crippen molar-refractivity contribution in [1.82, 2.24) is 14.5 Å². The molecule has 130 valence electrons. The highest BCUT2D eigenvalue weighted by atomic mass is 16.5. The van der Waals surface area contributed by atoms with Crippen molar-refractivity contribution < 1.29 is 9.53 Å². The fraction of sp³-hybridized carbons (Fsp3) is 0.350. The van der Waals surface area contributed by atoms with Crippen molar-refractivity contribution in [3.05, 3.63) is 53.0 Å². The highest BCUT2D eigenvalue weighted by Crippen LogP contribution is 2.25. The molecule has 0 fully saturated rings. The Kier molecular flexibility index (Phi) is 4.57. The van der Waals surface area contributed by atoms with Crippen molar-refractivity contribution in [2.24, 2.45) is 0 Å². The third-order valence-electron chi connectivity index (χ3n) is 4.53. The number of carbonyl (C=O) groups is 1. The number of methoxy groups -OCH3 is 1. The molecule has 2 heterocycles. The predicted octanol–water partition coefficient (Wildman–Crippen LogP) is 3.88. The van der Waals surface area contributed by atoms with Crippen molar-refractivity contribution in [2.75, 3.05) is 7.11 Å². The third kappa shape index (κ3) is 3.02. The van der Waals surface area contributed by atoms with Crippen molar-refractivity contribution in [3.63, 3.8) is 0 Å². The van der Waals surface area contributed by atoms with E-state index in [0.717, 1.165) is 45.9 Å². The van der Waals surface area contributed by atoms with E-state index in [-0.39, 0.29) is 11.9 Å². The number of nitrogens with zero attached hydrogens (tertiary/aromatic N) is 3. The van der Waals surface area contributed by atoms with Gasteiger partial charge >= 0.3 is 5.97 Å². The summed E-state index contributed by atoms with van der Waals surface area (Å²) in [6, 6.07) is 10.00. The summed E-state index contributed by atoms with van der Waals surface area (Å²) < 4.78 is 6.92. The first kappa shape index (κ1) is 17.1. The maximum absolute atomic E-state index is 11.7. The molecule has 25 heavy (non-hydrogen) atoms. The van der Waals surface area contributed by atoms with E-state index in [1.165, 1.54) is 7.11 Å². The van der Waals surface area contributed by atoms with E-state index >= 15 is 0 Å². The minimum Gasteiger partial charge on any atom is -0.469 e. The molecule has 3 rings (SSSR count). The minimum absolute atomic E-state index is 0.233. The van der Waals surface area contributed by atoms with Gasteiger partial charge in [0, 0.05) is 17.8 Å².